The van der Waals surface area contributed by atoms with Gasteiger partial charge in [0.2, 0.25) is 0 Å². The highest BCUT2D eigenvalue weighted by atomic mass is 35.5. The van der Waals surface area contributed by atoms with Gasteiger partial charge >= 0.3 is 5.69 Å². The molecule has 0 bridgehead atoms. The van der Waals surface area contributed by atoms with Gasteiger partial charge in [0.15, 0.2) is 5.65 Å². The Bertz CT molecular complexity index is 1930. The van der Waals surface area contributed by atoms with E-state index in [4.69, 9.17) is 28.3 Å². The van der Waals surface area contributed by atoms with Crippen LogP contribution in [0.1, 0.15) is 11.1 Å². The second kappa shape index (κ2) is 9.59. The number of benzene rings is 3. The maximum Gasteiger partial charge on any atom is 0.332 e. The van der Waals surface area contributed by atoms with Gasteiger partial charge in [0.1, 0.15) is 5.39 Å². The van der Waals surface area contributed by atoms with E-state index in [0.717, 1.165) is 26.5 Å². The minimum atomic E-state index is -0.505. The topological polar surface area (TPSA) is 74.7 Å². The van der Waals surface area contributed by atoms with Gasteiger partial charge in [0.25, 0.3) is 5.56 Å². The van der Waals surface area contributed by atoms with Crippen LogP contribution >= 0.6 is 23.2 Å². The molecule has 0 unspecified atom stereocenters. The van der Waals surface area contributed by atoms with Crippen LogP contribution in [-0.2, 0) is 20.1 Å². The zero-order chi connectivity index (χ0) is 26.4. The fraction of sp³-hybridized carbons (Fsp3) is 0.103. The van der Waals surface area contributed by atoms with Gasteiger partial charge in [-0.1, -0.05) is 71.7 Å². The maximum atomic E-state index is 13.6. The lowest BCUT2D eigenvalue weighted by molar-refractivity contribution is 0.652. The molecule has 3 heterocycles. The Kier molecular flexibility index (Phi) is 6.10. The molecule has 0 saturated carbocycles. The summed E-state index contributed by atoms with van der Waals surface area (Å²) in [6, 6.07) is 23.1. The zero-order valence-corrected chi connectivity index (χ0v) is 21.8. The first kappa shape index (κ1) is 24.2. The van der Waals surface area contributed by atoms with Crippen molar-refractivity contribution in [1.82, 2.24) is 23.9 Å². The van der Waals surface area contributed by atoms with Crippen molar-refractivity contribution >= 4 is 45.0 Å². The van der Waals surface area contributed by atoms with Crippen LogP contribution in [0.3, 0.4) is 0 Å². The van der Waals surface area contributed by atoms with Crippen molar-refractivity contribution in [3.8, 4) is 11.3 Å². The summed E-state index contributed by atoms with van der Waals surface area (Å²) < 4.78 is 4.34. The van der Waals surface area contributed by atoms with Crippen LogP contribution in [-0.4, -0.2) is 23.9 Å². The number of hydrogen-bond donors (Lipinski definition) is 0. The van der Waals surface area contributed by atoms with Crippen LogP contribution in [0.4, 0.5) is 0 Å². The Morgan fingerprint density at radius 1 is 0.816 bits per heavy atom. The van der Waals surface area contributed by atoms with Crippen molar-refractivity contribution in [3.05, 3.63) is 127 Å². The molecule has 0 spiro atoms. The molecular weight excluding hydrogens is 521 g/mol. The van der Waals surface area contributed by atoms with Crippen LogP contribution in [0.15, 0.2) is 94.8 Å². The quantitative estimate of drug-likeness (QED) is 0.288. The molecule has 0 N–H and O–H groups in total. The lowest BCUT2D eigenvalue weighted by Gasteiger charge is -2.11. The minimum absolute atomic E-state index is 0.0586. The molecule has 0 aliphatic rings. The molecule has 9 heteroatoms. The smallest absolute Gasteiger partial charge is 0.271 e. The molecule has 6 aromatic rings. The Labute approximate surface area is 227 Å². The van der Waals surface area contributed by atoms with E-state index in [0.29, 0.717) is 33.2 Å². The summed E-state index contributed by atoms with van der Waals surface area (Å²) in [6.45, 7) is 0.445. The zero-order valence-electron chi connectivity index (χ0n) is 20.3. The highest BCUT2D eigenvalue weighted by molar-refractivity contribution is 6.36. The Morgan fingerprint density at radius 2 is 1.50 bits per heavy atom. The van der Waals surface area contributed by atoms with Gasteiger partial charge in [-0.25, -0.2) is 4.79 Å². The Balaban J connectivity index is 1.65. The van der Waals surface area contributed by atoms with E-state index in [1.54, 1.807) is 35.3 Å². The van der Waals surface area contributed by atoms with E-state index in [9.17, 15) is 9.59 Å². The molecule has 0 aliphatic carbocycles. The summed E-state index contributed by atoms with van der Waals surface area (Å²) in [5.74, 6) is 0. The SMILES string of the molecule is Cn1c(=O)c2c(-c3ccncc3)n(Cc3cccc4ccccc34)nc2n(Cc2c(Cl)cccc2Cl)c1=O. The summed E-state index contributed by atoms with van der Waals surface area (Å²) in [4.78, 5) is 31.1. The van der Waals surface area contributed by atoms with E-state index >= 15 is 0 Å². The van der Waals surface area contributed by atoms with E-state index in [1.165, 1.54) is 11.6 Å². The highest BCUT2D eigenvalue weighted by Gasteiger charge is 2.23. The maximum absolute atomic E-state index is 13.6. The van der Waals surface area contributed by atoms with Crippen molar-refractivity contribution in [1.29, 1.82) is 0 Å². The van der Waals surface area contributed by atoms with Crippen molar-refractivity contribution in [2.45, 2.75) is 13.1 Å². The van der Waals surface area contributed by atoms with Gasteiger partial charge in [-0.3, -0.25) is 23.6 Å². The first-order chi connectivity index (χ1) is 18.4. The molecule has 0 saturated heterocycles. The molecule has 7 nitrogen and oxygen atoms in total. The number of hydrogen-bond acceptors (Lipinski definition) is 4. The van der Waals surface area contributed by atoms with E-state index < -0.39 is 11.2 Å². The number of pyridine rings is 1. The summed E-state index contributed by atoms with van der Waals surface area (Å²) >= 11 is 12.9. The molecule has 0 atom stereocenters. The van der Waals surface area contributed by atoms with E-state index in [-0.39, 0.29) is 12.2 Å². The van der Waals surface area contributed by atoms with Gasteiger partial charge < -0.3 is 0 Å². The monoisotopic (exact) mass is 541 g/mol. The number of aromatic nitrogens is 5. The normalized spacial score (nSPS) is 11.4. The second-order valence-electron chi connectivity index (χ2n) is 9.01. The van der Waals surface area contributed by atoms with Crippen LogP contribution in [0.25, 0.3) is 33.1 Å². The van der Waals surface area contributed by atoms with E-state index in [1.807, 2.05) is 36.4 Å². The van der Waals surface area contributed by atoms with Crippen molar-refractivity contribution < 1.29 is 0 Å². The molecule has 3 aromatic heterocycles. The lowest BCUT2D eigenvalue weighted by atomic mass is 10.0. The summed E-state index contributed by atoms with van der Waals surface area (Å²) in [6.07, 6.45) is 3.33. The first-order valence-electron chi connectivity index (χ1n) is 11.9. The molecular formula is C29H21Cl2N5O2. The number of halogens is 2. The summed E-state index contributed by atoms with van der Waals surface area (Å²) in [5, 5.41) is 8.25. The average Bonchev–Trinajstić information content (AvgIpc) is 3.31. The molecule has 38 heavy (non-hydrogen) atoms. The van der Waals surface area contributed by atoms with Gasteiger partial charge in [-0.2, -0.15) is 5.10 Å². The largest absolute Gasteiger partial charge is 0.332 e. The van der Waals surface area contributed by atoms with Gasteiger partial charge in [0, 0.05) is 40.6 Å². The molecule has 188 valence electrons. The fourth-order valence-corrected chi connectivity index (χ4v) is 5.37. The van der Waals surface area contributed by atoms with Crippen LogP contribution in [0.5, 0.6) is 0 Å². The van der Waals surface area contributed by atoms with Gasteiger partial charge in [0.05, 0.1) is 18.8 Å². The predicted octanol–water partition coefficient (Wildman–Crippen LogP) is 5.52. The molecule has 0 radical (unpaired) electrons. The van der Waals surface area contributed by atoms with Gasteiger partial charge in [-0.05, 0) is 40.6 Å². The highest BCUT2D eigenvalue weighted by Crippen LogP contribution is 2.30. The van der Waals surface area contributed by atoms with Crippen LogP contribution in [0, 0.1) is 0 Å². The molecule has 0 aliphatic heterocycles. The number of nitrogens with zero attached hydrogens (tertiary/aromatic N) is 5. The summed E-state index contributed by atoms with van der Waals surface area (Å²) in [5.41, 5.74) is 2.31. The van der Waals surface area contributed by atoms with Gasteiger partial charge in [-0.15, -0.1) is 0 Å². The number of rotatable bonds is 5. The van der Waals surface area contributed by atoms with Crippen molar-refractivity contribution in [3.63, 3.8) is 0 Å². The molecule has 0 fully saturated rings. The number of fused-ring (bicyclic) bond motifs is 2. The Hall–Kier alpha value is -4.20. The second-order valence-corrected chi connectivity index (χ2v) is 9.83. The Morgan fingerprint density at radius 3 is 2.26 bits per heavy atom. The lowest BCUT2D eigenvalue weighted by Crippen LogP contribution is -2.38. The van der Waals surface area contributed by atoms with Crippen molar-refractivity contribution in [2.24, 2.45) is 7.05 Å². The standard InChI is InChI=1S/C29H21Cl2N5O2/c1-34-28(37)25-26(19-12-14-32-15-13-19)36(16-20-8-4-7-18-6-2-3-9-21(18)20)33-27(25)35(29(34)38)17-22-23(30)10-5-11-24(22)31/h2-15H,16-17H2,1H3. The third-order valence-electron chi connectivity index (χ3n) is 6.76. The van der Waals surface area contributed by atoms with Crippen molar-refractivity contribution in [2.75, 3.05) is 0 Å². The average molecular weight is 542 g/mol. The molecule has 3 aromatic carbocycles. The molecule has 0 amide bonds. The van der Waals surface area contributed by atoms with Crippen LogP contribution in [0.2, 0.25) is 10.0 Å². The fourth-order valence-electron chi connectivity index (χ4n) is 4.85. The first-order valence-corrected chi connectivity index (χ1v) is 12.7. The minimum Gasteiger partial charge on any atom is -0.271 e. The third-order valence-corrected chi connectivity index (χ3v) is 7.47. The third kappa shape index (κ3) is 4.00. The summed E-state index contributed by atoms with van der Waals surface area (Å²) in [7, 11) is 1.47. The predicted molar refractivity (Wildman–Crippen MR) is 151 cm³/mol. The molecule has 6 rings (SSSR count). The van der Waals surface area contributed by atoms with Crippen LogP contribution < -0.4 is 11.2 Å². The van der Waals surface area contributed by atoms with E-state index in [2.05, 4.69) is 23.2 Å².